The van der Waals surface area contributed by atoms with Crippen molar-refractivity contribution in [2.75, 3.05) is 23.0 Å². The summed E-state index contributed by atoms with van der Waals surface area (Å²) >= 11 is 5.78. The van der Waals surface area contributed by atoms with Gasteiger partial charge in [0.25, 0.3) is 0 Å². The lowest BCUT2D eigenvalue weighted by atomic mass is 10.0. The number of sulfonamides is 1. The van der Waals surface area contributed by atoms with E-state index in [9.17, 15) is 8.42 Å². The number of methoxy groups -OCH3 is 1. The normalized spacial score (nSPS) is 18.5. The lowest BCUT2D eigenvalue weighted by Gasteiger charge is -2.30. The van der Waals surface area contributed by atoms with Crippen LogP contribution in [0.1, 0.15) is 43.4 Å². The molecule has 0 radical (unpaired) electrons. The van der Waals surface area contributed by atoms with E-state index in [-0.39, 0.29) is 18.1 Å². The third-order valence-electron chi connectivity index (χ3n) is 5.53. The van der Waals surface area contributed by atoms with Crippen molar-refractivity contribution in [2.24, 2.45) is 0 Å². The Balaban J connectivity index is 1.86. The molecule has 33 heavy (non-hydrogen) atoms. The second-order valence-corrected chi connectivity index (χ2v) is 10.3. The summed E-state index contributed by atoms with van der Waals surface area (Å²) < 4.78 is 34.0. The number of anilines is 2. The fourth-order valence-corrected chi connectivity index (χ4v) is 5.09. The number of benzene rings is 1. The van der Waals surface area contributed by atoms with E-state index in [1.807, 2.05) is 35.2 Å². The van der Waals surface area contributed by atoms with E-state index in [4.69, 9.17) is 17.0 Å². The van der Waals surface area contributed by atoms with E-state index in [0.717, 1.165) is 23.3 Å². The van der Waals surface area contributed by atoms with E-state index in [1.165, 1.54) is 7.11 Å². The van der Waals surface area contributed by atoms with Crippen LogP contribution >= 0.6 is 12.2 Å². The molecule has 0 amide bonds. The Labute approximate surface area is 199 Å². The van der Waals surface area contributed by atoms with Gasteiger partial charge in [0.2, 0.25) is 10.0 Å². The van der Waals surface area contributed by atoms with Gasteiger partial charge < -0.3 is 19.5 Å². The SMILES string of the molecule is COc1ccc(N2C(=S)N[C@H](c3ccccn3)[C@@H]2c2cccn2C(C)C)cc1NS(C)(=O)=O. The van der Waals surface area contributed by atoms with Crippen LogP contribution in [0.15, 0.2) is 60.9 Å². The molecule has 8 nitrogen and oxygen atoms in total. The number of nitrogens with zero attached hydrogens (tertiary/aromatic N) is 3. The van der Waals surface area contributed by atoms with Gasteiger partial charge in [0.15, 0.2) is 5.11 Å². The van der Waals surface area contributed by atoms with Gasteiger partial charge in [-0.25, -0.2) is 8.42 Å². The molecule has 2 atom stereocenters. The molecule has 0 unspecified atom stereocenters. The summed E-state index contributed by atoms with van der Waals surface area (Å²) in [4.78, 5) is 6.59. The van der Waals surface area contributed by atoms with Crippen LogP contribution in [-0.4, -0.2) is 36.4 Å². The Morgan fingerprint density at radius 2 is 1.97 bits per heavy atom. The van der Waals surface area contributed by atoms with Gasteiger partial charge in [0.1, 0.15) is 11.8 Å². The summed E-state index contributed by atoms with van der Waals surface area (Å²) in [5.74, 6) is 0.422. The molecule has 10 heteroatoms. The van der Waals surface area contributed by atoms with Crippen molar-refractivity contribution in [3.8, 4) is 5.75 Å². The molecular formula is C23H27N5O3S2. The van der Waals surface area contributed by atoms with E-state index in [0.29, 0.717) is 16.5 Å². The molecule has 0 saturated carbocycles. The van der Waals surface area contributed by atoms with E-state index in [1.54, 1.807) is 18.3 Å². The zero-order chi connectivity index (χ0) is 23.8. The molecule has 3 heterocycles. The molecule has 2 aromatic heterocycles. The van der Waals surface area contributed by atoms with Crippen molar-refractivity contribution < 1.29 is 13.2 Å². The summed E-state index contributed by atoms with van der Waals surface area (Å²) in [6.45, 7) is 4.26. The topological polar surface area (TPSA) is 88.5 Å². The third kappa shape index (κ3) is 4.67. The number of hydrogen-bond acceptors (Lipinski definition) is 5. The van der Waals surface area contributed by atoms with Gasteiger partial charge in [0.05, 0.1) is 30.8 Å². The zero-order valence-electron chi connectivity index (χ0n) is 18.9. The van der Waals surface area contributed by atoms with Gasteiger partial charge >= 0.3 is 0 Å². The maximum absolute atomic E-state index is 11.9. The van der Waals surface area contributed by atoms with Gasteiger partial charge in [-0.15, -0.1) is 0 Å². The summed E-state index contributed by atoms with van der Waals surface area (Å²) in [6.07, 6.45) is 4.93. The number of thiocarbonyl (C=S) groups is 1. The fraction of sp³-hybridized carbons (Fsp3) is 0.304. The van der Waals surface area contributed by atoms with Crippen LogP contribution in [-0.2, 0) is 10.0 Å². The predicted octanol–water partition coefficient (Wildman–Crippen LogP) is 4.02. The second-order valence-electron chi connectivity index (χ2n) is 8.19. The molecule has 0 bridgehead atoms. The first kappa shape index (κ1) is 23.1. The lowest BCUT2D eigenvalue weighted by molar-refractivity contribution is 0.417. The first-order valence-corrected chi connectivity index (χ1v) is 12.8. The molecule has 4 rings (SSSR count). The first-order chi connectivity index (χ1) is 15.7. The summed E-state index contributed by atoms with van der Waals surface area (Å²) in [5, 5.41) is 3.96. The minimum atomic E-state index is -3.50. The smallest absolute Gasteiger partial charge is 0.229 e. The van der Waals surface area contributed by atoms with Crippen molar-refractivity contribution in [3.63, 3.8) is 0 Å². The molecule has 0 spiro atoms. The number of aromatic nitrogens is 2. The summed E-state index contributed by atoms with van der Waals surface area (Å²) in [7, 11) is -2.00. The van der Waals surface area contributed by atoms with E-state index in [2.05, 4.69) is 45.7 Å². The monoisotopic (exact) mass is 485 g/mol. The average molecular weight is 486 g/mol. The van der Waals surface area contributed by atoms with E-state index < -0.39 is 10.0 Å². The Kier molecular flexibility index (Phi) is 6.31. The van der Waals surface area contributed by atoms with Crippen molar-refractivity contribution in [1.82, 2.24) is 14.9 Å². The Morgan fingerprint density at radius 3 is 2.61 bits per heavy atom. The Bertz CT molecular complexity index is 1260. The number of hydrogen-bond donors (Lipinski definition) is 2. The highest BCUT2D eigenvalue weighted by molar-refractivity contribution is 7.92. The Hall–Kier alpha value is -3.11. The standard InChI is InChI=1S/C23H27N5O3S2/c1-15(2)27-13-7-9-19(27)22-21(17-8-5-6-12-24-17)25-23(32)28(22)16-10-11-20(31-3)18(14-16)26-33(4,29)30/h5-15,21-22,26H,1-4H3,(H,25,32)/t21-,22+/m1/s1. The fourth-order valence-electron chi connectivity index (χ4n) is 4.19. The van der Waals surface area contributed by atoms with Crippen LogP contribution in [0.3, 0.4) is 0 Å². The summed E-state index contributed by atoms with van der Waals surface area (Å²) in [5.41, 5.74) is 3.02. The molecule has 3 aromatic rings. The molecule has 174 valence electrons. The molecule has 1 aliphatic rings. The highest BCUT2D eigenvalue weighted by Crippen LogP contribution is 2.43. The number of pyridine rings is 1. The quantitative estimate of drug-likeness (QED) is 0.489. The second kappa shape index (κ2) is 9.03. The van der Waals surface area contributed by atoms with Crippen LogP contribution in [0.25, 0.3) is 0 Å². The lowest BCUT2D eigenvalue weighted by Crippen LogP contribution is -2.30. The van der Waals surface area contributed by atoms with Gasteiger partial charge in [-0.2, -0.15) is 0 Å². The maximum atomic E-state index is 11.9. The van der Waals surface area contributed by atoms with Crippen molar-refractivity contribution in [2.45, 2.75) is 32.0 Å². The van der Waals surface area contributed by atoms with Gasteiger partial charge in [-0.1, -0.05) is 6.07 Å². The van der Waals surface area contributed by atoms with Crippen molar-refractivity contribution >= 4 is 38.7 Å². The number of nitrogens with one attached hydrogen (secondary N) is 2. The van der Waals surface area contributed by atoms with Crippen molar-refractivity contribution in [1.29, 1.82) is 0 Å². The van der Waals surface area contributed by atoms with Crippen LogP contribution in [0.2, 0.25) is 0 Å². The third-order valence-corrected chi connectivity index (χ3v) is 6.43. The largest absolute Gasteiger partial charge is 0.495 e. The highest BCUT2D eigenvalue weighted by Gasteiger charge is 2.42. The summed E-state index contributed by atoms with van der Waals surface area (Å²) in [6, 6.07) is 15.1. The van der Waals surface area contributed by atoms with Crippen LogP contribution in [0.5, 0.6) is 5.75 Å². The van der Waals surface area contributed by atoms with Crippen LogP contribution in [0, 0.1) is 0 Å². The molecule has 1 saturated heterocycles. The highest BCUT2D eigenvalue weighted by atomic mass is 32.2. The number of ether oxygens (including phenoxy) is 1. The predicted molar refractivity (Wildman–Crippen MR) is 134 cm³/mol. The van der Waals surface area contributed by atoms with Gasteiger partial charge in [-0.3, -0.25) is 9.71 Å². The minimum absolute atomic E-state index is 0.195. The number of rotatable bonds is 7. The van der Waals surface area contributed by atoms with Gasteiger partial charge in [0, 0.05) is 29.8 Å². The molecular weight excluding hydrogens is 458 g/mol. The molecule has 1 aliphatic heterocycles. The van der Waals surface area contributed by atoms with E-state index >= 15 is 0 Å². The van der Waals surface area contributed by atoms with Crippen molar-refractivity contribution in [3.05, 3.63) is 72.3 Å². The Morgan fingerprint density at radius 1 is 1.18 bits per heavy atom. The van der Waals surface area contributed by atoms with Crippen LogP contribution < -0.4 is 19.7 Å². The molecule has 2 N–H and O–H groups in total. The van der Waals surface area contributed by atoms with Gasteiger partial charge in [-0.05, 0) is 68.5 Å². The maximum Gasteiger partial charge on any atom is 0.229 e. The average Bonchev–Trinajstić information content (AvgIpc) is 3.37. The minimum Gasteiger partial charge on any atom is -0.495 e. The molecule has 1 fully saturated rings. The molecule has 0 aliphatic carbocycles. The first-order valence-electron chi connectivity index (χ1n) is 10.5. The molecule has 1 aromatic carbocycles. The van der Waals surface area contributed by atoms with Crippen LogP contribution in [0.4, 0.5) is 11.4 Å². The zero-order valence-corrected chi connectivity index (χ0v) is 20.5.